The highest BCUT2D eigenvalue weighted by atomic mass is 32.1. The lowest BCUT2D eigenvalue weighted by molar-refractivity contribution is -0.141. The Kier molecular flexibility index (Phi) is 3.80. The van der Waals surface area contributed by atoms with Crippen molar-refractivity contribution < 1.29 is 9.90 Å². The molecule has 104 valence electrons. The van der Waals surface area contributed by atoms with Gasteiger partial charge >= 0.3 is 5.97 Å². The summed E-state index contributed by atoms with van der Waals surface area (Å²) in [6.45, 7) is 2.30. The number of carboxylic acid groups (broad SMARTS) is 1. The number of carbonyl (C=O) groups is 1. The lowest BCUT2D eigenvalue weighted by atomic mass is 10.1. The quantitative estimate of drug-likeness (QED) is 0.940. The zero-order valence-electron chi connectivity index (χ0n) is 11.0. The third kappa shape index (κ3) is 2.89. The van der Waals surface area contributed by atoms with Gasteiger partial charge in [0.25, 0.3) is 0 Å². The normalized spacial score (nSPS) is 19.3. The van der Waals surface area contributed by atoms with Gasteiger partial charge in [0.05, 0.1) is 5.92 Å². The summed E-state index contributed by atoms with van der Waals surface area (Å²) < 4.78 is 0. The third-order valence-corrected chi connectivity index (χ3v) is 4.61. The van der Waals surface area contributed by atoms with E-state index in [9.17, 15) is 4.79 Å². The topological polar surface area (TPSA) is 53.4 Å². The molecule has 1 saturated heterocycles. The average molecular weight is 288 g/mol. The molecule has 0 amide bonds. The van der Waals surface area contributed by atoms with Gasteiger partial charge in [-0.05, 0) is 13.0 Å². The molecule has 1 aliphatic rings. The van der Waals surface area contributed by atoms with Crippen LogP contribution in [0.3, 0.4) is 0 Å². The van der Waals surface area contributed by atoms with Gasteiger partial charge in [0.2, 0.25) is 0 Å². The van der Waals surface area contributed by atoms with Crippen molar-refractivity contribution in [1.82, 2.24) is 9.88 Å². The summed E-state index contributed by atoms with van der Waals surface area (Å²) in [5.41, 5.74) is 1.13. The molecule has 0 bridgehead atoms. The fourth-order valence-electron chi connectivity index (χ4n) is 2.49. The number of nitrogens with zero attached hydrogens (tertiary/aromatic N) is 2. The number of hydrogen-bond acceptors (Lipinski definition) is 4. The second-order valence-corrected chi connectivity index (χ2v) is 6.17. The van der Waals surface area contributed by atoms with Crippen LogP contribution < -0.4 is 0 Å². The van der Waals surface area contributed by atoms with Crippen LogP contribution in [0.4, 0.5) is 0 Å². The zero-order chi connectivity index (χ0) is 13.9. The Morgan fingerprint density at radius 1 is 1.40 bits per heavy atom. The Hall–Kier alpha value is -1.72. The van der Waals surface area contributed by atoms with Crippen LogP contribution in [0.1, 0.15) is 11.3 Å². The summed E-state index contributed by atoms with van der Waals surface area (Å²) in [6.07, 6.45) is 2.65. The second kappa shape index (κ2) is 5.73. The van der Waals surface area contributed by atoms with Gasteiger partial charge in [0, 0.05) is 29.7 Å². The Labute approximate surface area is 121 Å². The van der Waals surface area contributed by atoms with Crippen LogP contribution in [0.2, 0.25) is 0 Å². The number of carboxylic acids is 1. The van der Waals surface area contributed by atoms with E-state index in [1.54, 1.807) is 11.3 Å². The van der Waals surface area contributed by atoms with E-state index in [4.69, 9.17) is 5.11 Å². The number of benzene rings is 1. The minimum absolute atomic E-state index is 0.212. The van der Waals surface area contributed by atoms with Crippen molar-refractivity contribution >= 4 is 17.3 Å². The van der Waals surface area contributed by atoms with E-state index in [0.717, 1.165) is 30.1 Å². The van der Waals surface area contributed by atoms with Crippen molar-refractivity contribution in [2.24, 2.45) is 5.92 Å². The van der Waals surface area contributed by atoms with E-state index < -0.39 is 5.97 Å². The Bertz CT molecular complexity index is 597. The number of thiazole rings is 1. The fourth-order valence-corrected chi connectivity index (χ4v) is 3.45. The van der Waals surface area contributed by atoms with Crippen LogP contribution in [0, 0.1) is 5.92 Å². The van der Waals surface area contributed by atoms with Gasteiger partial charge < -0.3 is 5.11 Å². The average Bonchev–Trinajstić information content (AvgIpc) is 3.10. The highest BCUT2D eigenvalue weighted by Gasteiger charge is 2.28. The van der Waals surface area contributed by atoms with Crippen molar-refractivity contribution in [3.8, 4) is 10.6 Å². The fraction of sp³-hybridized carbons (Fsp3) is 0.333. The number of rotatable bonds is 4. The standard InChI is InChI=1S/C15H16N2O2S/c18-15(19)12-6-7-17(9-12)10-13-8-16-14(20-13)11-4-2-1-3-5-11/h1-5,8,12H,6-7,9-10H2,(H,18,19). The molecule has 20 heavy (non-hydrogen) atoms. The maximum absolute atomic E-state index is 11.0. The first kappa shape index (κ1) is 13.3. The van der Waals surface area contributed by atoms with Crippen LogP contribution >= 0.6 is 11.3 Å². The molecule has 0 spiro atoms. The number of aliphatic carboxylic acids is 1. The first-order chi connectivity index (χ1) is 9.72. The minimum Gasteiger partial charge on any atom is -0.481 e. The van der Waals surface area contributed by atoms with Crippen molar-refractivity contribution in [2.75, 3.05) is 13.1 Å². The first-order valence-corrected chi connectivity index (χ1v) is 7.49. The van der Waals surface area contributed by atoms with Gasteiger partial charge in [-0.3, -0.25) is 9.69 Å². The van der Waals surface area contributed by atoms with Crippen LogP contribution in [0.25, 0.3) is 10.6 Å². The molecule has 1 atom stereocenters. The molecule has 4 nitrogen and oxygen atoms in total. The van der Waals surface area contributed by atoms with Gasteiger partial charge in [0.1, 0.15) is 5.01 Å². The lowest BCUT2D eigenvalue weighted by Crippen LogP contribution is -2.22. The molecular formula is C15H16N2O2S. The first-order valence-electron chi connectivity index (χ1n) is 6.67. The van der Waals surface area contributed by atoms with Crippen LogP contribution in [0.5, 0.6) is 0 Å². The molecule has 1 aliphatic heterocycles. The highest BCUT2D eigenvalue weighted by molar-refractivity contribution is 7.15. The number of likely N-dealkylation sites (tertiary alicyclic amines) is 1. The molecule has 2 aromatic rings. The monoisotopic (exact) mass is 288 g/mol. The molecular weight excluding hydrogens is 272 g/mol. The minimum atomic E-state index is -0.679. The summed E-state index contributed by atoms with van der Waals surface area (Å²) in [7, 11) is 0. The summed E-state index contributed by atoms with van der Waals surface area (Å²) in [6, 6.07) is 10.1. The maximum atomic E-state index is 11.0. The summed E-state index contributed by atoms with van der Waals surface area (Å²) >= 11 is 1.68. The van der Waals surface area contributed by atoms with Crippen molar-refractivity contribution in [2.45, 2.75) is 13.0 Å². The van der Waals surface area contributed by atoms with Gasteiger partial charge in [-0.25, -0.2) is 4.98 Å². The van der Waals surface area contributed by atoms with Gasteiger partial charge in [0.15, 0.2) is 0 Å². The number of hydrogen-bond donors (Lipinski definition) is 1. The van der Waals surface area contributed by atoms with E-state index in [1.165, 1.54) is 4.88 Å². The van der Waals surface area contributed by atoms with Crippen molar-refractivity contribution in [3.05, 3.63) is 41.4 Å². The van der Waals surface area contributed by atoms with Gasteiger partial charge in [-0.15, -0.1) is 11.3 Å². The summed E-state index contributed by atoms with van der Waals surface area (Å²) in [5, 5.41) is 10.0. The molecule has 1 fully saturated rings. The lowest BCUT2D eigenvalue weighted by Gasteiger charge is -2.12. The summed E-state index contributed by atoms with van der Waals surface area (Å²) in [5.74, 6) is -0.890. The molecule has 1 aromatic carbocycles. The molecule has 0 aliphatic carbocycles. The van der Waals surface area contributed by atoms with Crippen molar-refractivity contribution in [1.29, 1.82) is 0 Å². The summed E-state index contributed by atoms with van der Waals surface area (Å²) in [4.78, 5) is 18.8. The molecule has 0 radical (unpaired) electrons. The van der Waals surface area contributed by atoms with E-state index in [-0.39, 0.29) is 5.92 Å². The predicted octanol–water partition coefficient (Wildman–Crippen LogP) is 2.72. The maximum Gasteiger partial charge on any atom is 0.307 e. The van der Waals surface area contributed by atoms with E-state index in [2.05, 4.69) is 22.0 Å². The van der Waals surface area contributed by atoms with Gasteiger partial charge in [-0.1, -0.05) is 30.3 Å². The van der Waals surface area contributed by atoms with Crippen LogP contribution in [0.15, 0.2) is 36.5 Å². The predicted molar refractivity (Wildman–Crippen MR) is 78.6 cm³/mol. The van der Waals surface area contributed by atoms with E-state index >= 15 is 0 Å². The Morgan fingerprint density at radius 2 is 2.20 bits per heavy atom. The Morgan fingerprint density at radius 3 is 2.90 bits per heavy atom. The molecule has 1 N–H and O–H groups in total. The SMILES string of the molecule is O=C(O)C1CCN(Cc2cnc(-c3ccccc3)s2)C1. The molecule has 3 rings (SSSR count). The van der Waals surface area contributed by atoms with Crippen LogP contribution in [-0.4, -0.2) is 34.0 Å². The largest absolute Gasteiger partial charge is 0.481 e. The molecule has 1 aromatic heterocycles. The zero-order valence-corrected chi connectivity index (χ0v) is 11.8. The van der Waals surface area contributed by atoms with E-state index in [0.29, 0.717) is 6.54 Å². The number of aromatic nitrogens is 1. The van der Waals surface area contributed by atoms with E-state index in [1.807, 2.05) is 24.4 Å². The second-order valence-electron chi connectivity index (χ2n) is 5.06. The molecule has 0 saturated carbocycles. The van der Waals surface area contributed by atoms with Crippen LogP contribution in [-0.2, 0) is 11.3 Å². The van der Waals surface area contributed by atoms with Gasteiger partial charge in [-0.2, -0.15) is 0 Å². The third-order valence-electron chi connectivity index (χ3n) is 3.58. The highest BCUT2D eigenvalue weighted by Crippen LogP contribution is 2.27. The molecule has 5 heteroatoms. The smallest absolute Gasteiger partial charge is 0.307 e. The molecule has 2 heterocycles. The molecule has 1 unspecified atom stereocenters. The van der Waals surface area contributed by atoms with Crippen molar-refractivity contribution in [3.63, 3.8) is 0 Å². The Balaban J connectivity index is 1.65.